The smallest absolute Gasteiger partial charge is 0.258 e. The third-order valence-corrected chi connectivity index (χ3v) is 3.91. The Morgan fingerprint density at radius 3 is 2.67 bits per heavy atom. The van der Waals surface area contributed by atoms with Gasteiger partial charge in [-0.1, -0.05) is 13.8 Å². The second-order valence-corrected chi connectivity index (χ2v) is 5.59. The Bertz CT molecular complexity index is 594. The molecule has 0 spiro atoms. The van der Waals surface area contributed by atoms with Crippen LogP contribution in [-0.2, 0) is 0 Å². The van der Waals surface area contributed by atoms with Gasteiger partial charge in [-0.2, -0.15) is 24.7 Å². The van der Waals surface area contributed by atoms with Crippen LogP contribution >= 0.6 is 0 Å². The molecule has 1 atom stereocenters. The van der Waals surface area contributed by atoms with Gasteiger partial charge in [0.25, 0.3) is 5.95 Å². The Kier molecular flexibility index (Phi) is 3.68. The molecule has 112 valence electrons. The van der Waals surface area contributed by atoms with Crippen LogP contribution in [0, 0.1) is 11.8 Å². The van der Waals surface area contributed by atoms with Crippen molar-refractivity contribution in [3.05, 3.63) is 12.7 Å². The van der Waals surface area contributed by atoms with E-state index in [9.17, 15) is 0 Å². The first kappa shape index (κ1) is 13.7. The molecule has 21 heavy (non-hydrogen) atoms. The summed E-state index contributed by atoms with van der Waals surface area (Å²) in [6, 6.07) is 0. The predicted octanol–water partition coefficient (Wildman–Crippen LogP) is 0.976. The molecule has 1 N–H and O–H groups in total. The van der Waals surface area contributed by atoms with Gasteiger partial charge in [-0.25, -0.2) is 4.98 Å². The number of hydrogen-bond acceptors (Lipinski definition) is 7. The van der Waals surface area contributed by atoms with Gasteiger partial charge in [-0.05, 0) is 18.3 Å². The van der Waals surface area contributed by atoms with E-state index in [0.29, 0.717) is 29.7 Å². The van der Waals surface area contributed by atoms with Crippen molar-refractivity contribution in [2.75, 3.05) is 30.4 Å². The van der Waals surface area contributed by atoms with E-state index in [1.165, 1.54) is 12.7 Å². The highest BCUT2D eigenvalue weighted by molar-refractivity contribution is 5.40. The summed E-state index contributed by atoms with van der Waals surface area (Å²) in [5, 5.41) is 7.06. The third-order valence-electron chi connectivity index (χ3n) is 3.91. The molecule has 0 bridgehead atoms. The van der Waals surface area contributed by atoms with Gasteiger partial charge in [-0.3, -0.25) is 0 Å². The second kappa shape index (κ2) is 5.63. The third kappa shape index (κ3) is 2.79. The zero-order chi connectivity index (χ0) is 14.8. The van der Waals surface area contributed by atoms with Crippen molar-refractivity contribution in [2.24, 2.45) is 11.8 Å². The fraction of sp³-hybridized carbons (Fsp3) is 0.615. The highest BCUT2D eigenvalue weighted by Crippen LogP contribution is 2.26. The first-order valence-corrected chi connectivity index (χ1v) is 7.21. The van der Waals surface area contributed by atoms with Crippen molar-refractivity contribution in [1.82, 2.24) is 29.7 Å². The van der Waals surface area contributed by atoms with E-state index >= 15 is 0 Å². The first-order valence-electron chi connectivity index (χ1n) is 7.21. The SMILES string of the molecule is CNc1nc(N2CCC(C(C)C)C2)nc(-n2cncn2)n1. The lowest BCUT2D eigenvalue weighted by Gasteiger charge is -2.18. The maximum Gasteiger partial charge on any atom is 0.258 e. The number of nitrogens with zero attached hydrogens (tertiary/aromatic N) is 7. The largest absolute Gasteiger partial charge is 0.357 e. The Morgan fingerprint density at radius 2 is 2.05 bits per heavy atom. The molecular weight excluding hydrogens is 268 g/mol. The average molecular weight is 288 g/mol. The van der Waals surface area contributed by atoms with Crippen LogP contribution in [0.1, 0.15) is 20.3 Å². The molecule has 0 aliphatic carbocycles. The molecule has 8 nitrogen and oxygen atoms in total. The minimum atomic E-state index is 0.481. The molecule has 8 heteroatoms. The molecule has 0 radical (unpaired) electrons. The maximum atomic E-state index is 4.52. The molecule has 1 fully saturated rings. The lowest BCUT2D eigenvalue weighted by Crippen LogP contribution is -2.24. The molecule has 3 heterocycles. The fourth-order valence-electron chi connectivity index (χ4n) is 2.53. The van der Waals surface area contributed by atoms with Crippen molar-refractivity contribution in [3.63, 3.8) is 0 Å². The second-order valence-electron chi connectivity index (χ2n) is 5.59. The van der Waals surface area contributed by atoms with Crippen LogP contribution in [0.5, 0.6) is 0 Å². The number of aromatic nitrogens is 6. The van der Waals surface area contributed by atoms with Gasteiger partial charge in [0.15, 0.2) is 0 Å². The van der Waals surface area contributed by atoms with Crippen molar-refractivity contribution in [3.8, 4) is 5.95 Å². The summed E-state index contributed by atoms with van der Waals surface area (Å²) in [6.45, 7) is 6.50. The molecule has 1 saturated heterocycles. The normalized spacial score (nSPS) is 18.5. The first-order chi connectivity index (χ1) is 10.2. The van der Waals surface area contributed by atoms with Crippen molar-refractivity contribution in [2.45, 2.75) is 20.3 Å². The monoisotopic (exact) mass is 288 g/mol. The minimum Gasteiger partial charge on any atom is -0.357 e. The summed E-state index contributed by atoms with van der Waals surface area (Å²) in [6.07, 6.45) is 4.23. The van der Waals surface area contributed by atoms with E-state index in [0.717, 1.165) is 13.1 Å². The summed E-state index contributed by atoms with van der Waals surface area (Å²) >= 11 is 0. The Balaban J connectivity index is 1.90. The van der Waals surface area contributed by atoms with Gasteiger partial charge in [0.2, 0.25) is 11.9 Å². The van der Waals surface area contributed by atoms with Crippen LogP contribution < -0.4 is 10.2 Å². The van der Waals surface area contributed by atoms with Crippen LogP contribution in [-0.4, -0.2) is 49.9 Å². The van der Waals surface area contributed by atoms with E-state index in [1.54, 1.807) is 18.1 Å². The Hall–Kier alpha value is -2.25. The molecule has 1 unspecified atom stereocenters. The lowest BCUT2D eigenvalue weighted by molar-refractivity contribution is 0.422. The van der Waals surface area contributed by atoms with Gasteiger partial charge in [0, 0.05) is 20.1 Å². The maximum absolute atomic E-state index is 4.52. The number of rotatable bonds is 4. The van der Waals surface area contributed by atoms with E-state index < -0.39 is 0 Å². The highest BCUT2D eigenvalue weighted by atomic mass is 15.4. The Labute approximate surface area is 123 Å². The topological polar surface area (TPSA) is 84.7 Å². The van der Waals surface area contributed by atoms with E-state index in [-0.39, 0.29) is 0 Å². The lowest BCUT2D eigenvalue weighted by atomic mass is 9.95. The van der Waals surface area contributed by atoms with Gasteiger partial charge >= 0.3 is 0 Å². The van der Waals surface area contributed by atoms with Gasteiger partial charge in [0.05, 0.1) is 0 Å². The quantitative estimate of drug-likeness (QED) is 0.897. The molecule has 1 aliphatic heterocycles. The van der Waals surface area contributed by atoms with Gasteiger partial charge in [-0.15, -0.1) is 0 Å². The summed E-state index contributed by atoms with van der Waals surface area (Å²) in [7, 11) is 1.80. The molecule has 1 aliphatic rings. The van der Waals surface area contributed by atoms with Gasteiger partial charge < -0.3 is 10.2 Å². The molecule has 3 rings (SSSR count). The number of anilines is 2. The number of nitrogens with one attached hydrogen (secondary N) is 1. The summed E-state index contributed by atoms with van der Waals surface area (Å²) in [5.41, 5.74) is 0. The zero-order valence-corrected chi connectivity index (χ0v) is 12.6. The molecule has 0 aromatic carbocycles. The van der Waals surface area contributed by atoms with Crippen molar-refractivity contribution >= 4 is 11.9 Å². The van der Waals surface area contributed by atoms with Crippen molar-refractivity contribution in [1.29, 1.82) is 0 Å². The molecule has 2 aromatic rings. The van der Waals surface area contributed by atoms with Gasteiger partial charge in [0.1, 0.15) is 12.7 Å². The highest BCUT2D eigenvalue weighted by Gasteiger charge is 2.27. The minimum absolute atomic E-state index is 0.481. The van der Waals surface area contributed by atoms with Crippen molar-refractivity contribution < 1.29 is 0 Å². The predicted molar refractivity (Wildman–Crippen MR) is 79.4 cm³/mol. The summed E-state index contributed by atoms with van der Waals surface area (Å²) in [4.78, 5) is 19.5. The molecule has 0 saturated carbocycles. The standard InChI is InChI=1S/C13H20N8/c1-9(2)10-4-5-20(6-10)12-17-11(14-3)18-13(19-12)21-8-15-7-16-21/h7-10H,4-6H2,1-3H3,(H,14,17,18,19). The van der Waals surface area contributed by atoms with Crippen LogP contribution in [0.3, 0.4) is 0 Å². The van der Waals surface area contributed by atoms with Crippen LogP contribution in [0.4, 0.5) is 11.9 Å². The van der Waals surface area contributed by atoms with Crippen LogP contribution in [0.15, 0.2) is 12.7 Å². The molecule has 0 amide bonds. The molecule has 2 aromatic heterocycles. The summed E-state index contributed by atoms with van der Waals surface area (Å²) in [5.74, 6) is 3.08. The zero-order valence-electron chi connectivity index (χ0n) is 12.6. The van der Waals surface area contributed by atoms with Crippen LogP contribution in [0.25, 0.3) is 5.95 Å². The van der Waals surface area contributed by atoms with E-state index in [2.05, 4.69) is 49.1 Å². The average Bonchev–Trinajstić information content (AvgIpc) is 3.18. The van der Waals surface area contributed by atoms with E-state index in [1.807, 2.05) is 0 Å². The number of hydrogen-bond donors (Lipinski definition) is 1. The van der Waals surface area contributed by atoms with E-state index in [4.69, 9.17) is 0 Å². The summed E-state index contributed by atoms with van der Waals surface area (Å²) < 4.78 is 1.54. The fourth-order valence-corrected chi connectivity index (χ4v) is 2.53. The Morgan fingerprint density at radius 1 is 1.24 bits per heavy atom. The van der Waals surface area contributed by atoms with Crippen LogP contribution in [0.2, 0.25) is 0 Å². The molecular formula is C13H20N8.